The zero-order valence-electron chi connectivity index (χ0n) is 42.3. The molecule has 8 bridgehead atoms. The molecule has 5 atom stereocenters. The van der Waals surface area contributed by atoms with Gasteiger partial charge >= 0.3 is 5.97 Å². The van der Waals surface area contributed by atoms with Crippen molar-refractivity contribution in [1.29, 1.82) is 0 Å². The lowest BCUT2D eigenvalue weighted by Crippen LogP contribution is -2.70. The van der Waals surface area contributed by atoms with Crippen LogP contribution in [0, 0.1) is 10.8 Å². The van der Waals surface area contributed by atoms with Crippen LogP contribution in [0.2, 0.25) is 0 Å². The zero-order valence-corrected chi connectivity index (χ0v) is 43.1. The first-order valence-electron chi connectivity index (χ1n) is 26.1. The minimum atomic E-state index is -1.06. The van der Waals surface area contributed by atoms with Gasteiger partial charge in [0.25, 0.3) is 11.8 Å². The van der Waals surface area contributed by atoms with E-state index in [1.807, 2.05) is 26.1 Å². The van der Waals surface area contributed by atoms with Gasteiger partial charge in [0.1, 0.15) is 22.7 Å². The predicted octanol–water partition coefficient (Wildman–Crippen LogP) is 7.09. The molecule has 2 N–H and O–H groups in total. The highest BCUT2D eigenvalue weighted by Crippen LogP contribution is 2.61. The highest BCUT2D eigenvalue weighted by molar-refractivity contribution is 7.10. The van der Waals surface area contributed by atoms with Gasteiger partial charge in [-0.1, -0.05) is 26.8 Å². The molecular weight excluding hydrogens is 923 g/mol. The summed E-state index contributed by atoms with van der Waals surface area (Å²) in [6.07, 6.45) is 9.17. The molecule has 8 aliphatic rings. The average molecular weight is 994 g/mol. The Morgan fingerprint density at radius 2 is 1.87 bits per heavy atom. The van der Waals surface area contributed by atoms with E-state index in [0.29, 0.717) is 89.7 Å². The summed E-state index contributed by atoms with van der Waals surface area (Å²) in [7, 11) is 1.71. The molecule has 2 amide bonds. The van der Waals surface area contributed by atoms with Gasteiger partial charge in [0.05, 0.1) is 60.3 Å². The molecule has 0 unspecified atom stereocenters. The first kappa shape index (κ1) is 48.9. The van der Waals surface area contributed by atoms with Crippen LogP contribution in [0.3, 0.4) is 0 Å². The summed E-state index contributed by atoms with van der Waals surface area (Å²) in [6, 6.07) is 8.21. The second-order valence-corrected chi connectivity index (χ2v) is 23.5. The molecule has 16 nitrogen and oxygen atoms in total. The van der Waals surface area contributed by atoms with E-state index in [9.17, 15) is 9.59 Å². The van der Waals surface area contributed by atoms with Crippen molar-refractivity contribution in [2.75, 3.05) is 59.8 Å². The van der Waals surface area contributed by atoms with Gasteiger partial charge in [-0.3, -0.25) is 29.3 Å². The summed E-state index contributed by atoms with van der Waals surface area (Å²) in [5, 5.41) is 8.69. The number of likely N-dealkylation sites (tertiary alicyclic amines) is 1. The average Bonchev–Trinajstić information content (AvgIpc) is 4.10. The lowest BCUT2D eigenvalue weighted by molar-refractivity contribution is -0.184. The van der Waals surface area contributed by atoms with Crippen LogP contribution in [0.1, 0.15) is 121 Å². The fourth-order valence-corrected chi connectivity index (χ4v) is 13.7. The van der Waals surface area contributed by atoms with Crippen molar-refractivity contribution in [2.24, 2.45) is 10.8 Å². The number of hydrazine groups is 1. The molecule has 4 aromatic rings. The number of thiazole rings is 1. The first-order chi connectivity index (χ1) is 34.2. The van der Waals surface area contributed by atoms with Crippen molar-refractivity contribution < 1.29 is 42.8 Å². The van der Waals surface area contributed by atoms with Gasteiger partial charge in [-0.15, -0.1) is 11.3 Å². The number of cyclic esters (lactones) is 1. The van der Waals surface area contributed by atoms with Crippen LogP contribution in [0.5, 0.6) is 0 Å². The summed E-state index contributed by atoms with van der Waals surface area (Å²) < 4.78 is 39.7. The number of hydrogen-bond donors (Lipinski definition) is 2. The SMILES string of the molecule is CO[C@@H](C)c1ncccc1-c1c2c3cc(ccc3n1CCOC1CCOCC1)-c1csc(n1)[C@@H](N1CC3(CCCCO3)C1)[C@H](NC(=O)C13CC(C)(C1)[C@H](C)O3)C(=O)N1CCC[C@H](N1)C(=O)OCC(C)(C)C2. The normalized spacial score (nSPS) is 30.4. The molecule has 7 fully saturated rings. The van der Waals surface area contributed by atoms with E-state index in [0.717, 1.165) is 76.8 Å². The van der Waals surface area contributed by atoms with Gasteiger partial charge in [0, 0.05) is 97.5 Å². The number of nitrogens with one attached hydrogen (secondary N) is 2. The number of pyridine rings is 1. The summed E-state index contributed by atoms with van der Waals surface area (Å²) in [4.78, 5) is 57.0. The molecule has 1 aromatic carbocycles. The maximum absolute atomic E-state index is 15.4. The standard InChI is InChI=1S/C54H71N7O9S/c1-33(65-6)43-37(11-9-18-55-43)45-39-26-51(3,4)32-68-49(63)40-12-10-19-61(58-40)48(62)44(57-50(64)54-28-52(5,29-54)34(2)70-54)46(59-30-53(31-59)17-7-8-21-69-53)47-56-41(27-71-47)35-13-14-42(38(39)25-35)60(45)20-24-67-36-15-22-66-23-16-36/h9,11,13-14,18,25,27,33-34,36,40,44,46,58H,7-8,10,12,15-17,19-24,26,28-32H2,1-6H3,(H,57,64)/t33-,34-,40-,44-,46-,52?,54?/m0/s1. The number of benzene rings is 1. The zero-order chi connectivity index (χ0) is 49.3. The fourth-order valence-electron chi connectivity index (χ4n) is 12.7. The number of esters is 1. The Morgan fingerprint density at radius 3 is 2.62 bits per heavy atom. The topological polar surface area (TPSA) is 168 Å². The minimum Gasteiger partial charge on any atom is -0.464 e. The number of carbonyl (C=O) groups is 3. The third kappa shape index (κ3) is 9.14. The van der Waals surface area contributed by atoms with E-state index in [2.05, 4.69) is 70.6 Å². The summed E-state index contributed by atoms with van der Waals surface area (Å²) in [5.74, 6) is -1.03. The Bertz CT molecular complexity index is 2640. The van der Waals surface area contributed by atoms with E-state index in [1.165, 1.54) is 16.3 Å². The molecular formula is C54H71N7O9S. The number of fused-ring (bicyclic) bond motifs is 7. The Morgan fingerprint density at radius 1 is 1.06 bits per heavy atom. The molecule has 6 saturated heterocycles. The maximum atomic E-state index is 15.4. The third-order valence-corrected chi connectivity index (χ3v) is 17.7. The molecule has 3 aromatic heterocycles. The lowest BCUT2D eigenvalue weighted by atomic mass is 9.61. The quantitative estimate of drug-likeness (QED) is 0.155. The van der Waals surface area contributed by atoms with E-state index in [4.69, 9.17) is 38.4 Å². The number of nitrogens with zero attached hydrogens (tertiary/aromatic N) is 5. The van der Waals surface area contributed by atoms with Crippen LogP contribution in [-0.4, -0.2) is 137 Å². The van der Waals surface area contributed by atoms with Crippen LogP contribution in [0.4, 0.5) is 0 Å². The number of rotatable bonds is 10. The van der Waals surface area contributed by atoms with Gasteiger partial charge in [0.15, 0.2) is 0 Å². The molecule has 7 aliphatic heterocycles. The fraction of sp³-hybridized carbons (Fsp3) is 0.648. The van der Waals surface area contributed by atoms with Gasteiger partial charge in [0.2, 0.25) is 0 Å². The largest absolute Gasteiger partial charge is 0.464 e. The van der Waals surface area contributed by atoms with Crippen molar-refractivity contribution in [3.8, 4) is 22.5 Å². The van der Waals surface area contributed by atoms with Gasteiger partial charge in [-0.2, -0.15) is 0 Å². The second-order valence-electron chi connectivity index (χ2n) is 22.6. The van der Waals surface area contributed by atoms with Crippen LogP contribution in [-0.2, 0) is 55.8 Å². The van der Waals surface area contributed by atoms with Crippen molar-refractivity contribution >= 4 is 40.0 Å². The van der Waals surface area contributed by atoms with Crippen LogP contribution < -0.4 is 10.7 Å². The minimum absolute atomic E-state index is 0.0812. The summed E-state index contributed by atoms with van der Waals surface area (Å²) in [5.41, 5.74) is 8.01. The van der Waals surface area contributed by atoms with E-state index in [-0.39, 0.29) is 47.7 Å². The highest BCUT2D eigenvalue weighted by Gasteiger charge is 2.68. The van der Waals surface area contributed by atoms with Crippen molar-refractivity contribution in [2.45, 2.75) is 153 Å². The Hall–Kier alpha value is -4.33. The lowest BCUT2D eigenvalue weighted by Gasteiger charge is -2.55. The molecule has 1 spiro atoms. The van der Waals surface area contributed by atoms with Gasteiger partial charge < -0.3 is 38.3 Å². The summed E-state index contributed by atoms with van der Waals surface area (Å²) >= 11 is 1.50. The highest BCUT2D eigenvalue weighted by atomic mass is 32.1. The van der Waals surface area contributed by atoms with Crippen LogP contribution >= 0.6 is 11.3 Å². The number of amides is 2. The molecule has 71 heavy (non-hydrogen) atoms. The maximum Gasteiger partial charge on any atom is 0.324 e. The van der Waals surface area contributed by atoms with Crippen molar-refractivity contribution in [3.05, 3.63) is 58.2 Å². The van der Waals surface area contributed by atoms with Crippen molar-refractivity contribution in [1.82, 2.24) is 35.2 Å². The van der Waals surface area contributed by atoms with E-state index in [1.54, 1.807) is 7.11 Å². The van der Waals surface area contributed by atoms with E-state index >= 15 is 4.79 Å². The smallest absolute Gasteiger partial charge is 0.324 e. The Balaban J connectivity index is 1.05. The number of carbonyl (C=O) groups excluding carboxylic acids is 3. The molecule has 0 radical (unpaired) electrons. The first-order valence-corrected chi connectivity index (χ1v) is 27.0. The number of methoxy groups -OCH3 is 1. The Kier molecular flexibility index (Phi) is 13.2. The van der Waals surface area contributed by atoms with Crippen LogP contribution in [0.15, 0.2) is 41.9 Å². The van der Waals surface area contributed by atoms with E-state index < -0.39 is 35.1 Å². The second kappa shape index (κ2) is 19.2. The van der Waals surface area contributed by atoms with Gasteiger partial charge in [-0.05, 0) is 108 Å². The third-order valence-electron chi connectivity index (χ3n) is 16.8. The van der Waals surface area contributed by atoms with Crippen molar-refractivity contribution in [3.63, 3.8) is 0 Å². The molecule has 1 saturated carbocycles. The van der Waals surface area contributed by atoms with Gasteiger partial charge in [-0.25, -0.2) is 10.4 Å². The number of hydrogen-bond acceptors (Lipinski definition) is 14. The monoisotopic (exact) mass is 994 g/mol. The molecule has 17 heteroatoms. The number of ether oxygens (including phenoxy) is 6. The predicted molar refractivity (Wildman–Crippen MR) is 267 cm³/mol. The van der Waals surface area contributed by atoms with Crippen LogP contribution in [0.25, 0.3) is 33.4 Å². The Labute approximate surface area is 420 Å². The number of aromatic nitrogens is 3. The molecule has 10 heterocycles. The molecule has 12 rings (SSSR count). The molecule has 382 valence electrons. The molecule has 1 aliphatic carbocycles. The summed E-state index contributed by atoms with van der Waals surface area (Å²) in [6.45, 7) is 15.4.